The fraction of sp³-hybridized carbons (Fsp3) is 0.245. The van der Waals surface area contributed by atoms with E-state index in [1.165, 1.54) is 30.4 Å². The first-order valence-corrected chi connectivity index (χ1v) is 52.2. The van der Waals surface area contributed by atoms with E-state index < -0.39 is 58.1 Å². The summed E-state index contributed by atoms with van der Waals surface area (Å²) in [6.45, 7) is 34.0. The summed E-state index contributed by atoms with van der Waals surface area (Å²) in [4.78, 5) is 89.4. The van der Waals surface area contributed by atoms with E-state index in [2.05, 4.69) is 210 Å². The molecule has 0 unspecified atom stereocenters. The summed E-state index contributed by atoms with van der Waals surface area (Å²) in [6, 6.07) is 44.3. The minimum Gasteiger partial charge on any atom is -0.399 e. The number of H-pyrrole nitrogens is 4. The van der Waals surface area contributed by atoms with Gasteiger partial charge in [0, 0.05) is 137 Å². The minimum atomic E-state index is -1.19. The molecule has 0 radical (unpaired) electrons. The highest BCUT2D eigenvalue weighted by Crippen LogP contribution is 2.40. The van der Waals surface area contributed by atoms with Gasteiger partial charge in [0.15, 0.2) is 17.5 Å². The quantitative estimate of drug-likeness (QED) is 0.0259. The standard InChI is InChI=1S/C27H30N6O2Si.C26H35BN4O3Si.C21H16N6O.2C7H7BrN2O.C6H5Br2N/c1-17-20(14-29-15-21(17)26(28)34)18-9-10-24-19(13-18)25(27-30-22-7-5-6-8-23(22)31-27)32-33(24)16-35-11-12-36(2,3)4;1-25(2)26(3,4)34-27(33-25)18-12-13-22-19(16-18)23(24-28-20-10-8-9-11-21(20)29-24)30-31(22)17-32-14-15-35(5,6)7;1-11-14(9-23-10-15(11)20(22)28)12-6-7-16-13(8-12)19(27-26-16)21-24-17-4-2-3-5-18(17)25-21;2*1-4-5(7(9)11)2-10-3-6(4)8;1-4-5(7)2-9-3-6(4)8/h5-10,13-15H,11-12,16H2,1-4H3,(H2,28,34)(H,30,31);8-13,16H,14-15,17H2,1-7H3,(H,28,29);2-10H,1H3,(H2,22,28)(H,24,25)(H,26,27);2*2-3H,1H3,(H2,9,11);2-3H,1H3. The number of primary amides is 4. The van der Waals surface area contributed by atoms with Crippen LogP contribution in [0.2, 0.25) is 51.4 Å². The Morgan fingerprint density at radius 2 is 0.762 bits per heavy atom. The predicted molar refractivity (Wildman–Crippen MR) is 532 cm³/mol. The van der Waals surface area contributed by atoms with Crippen molar-refractivity contribution in [3.05, 3.63) is 257 Å². The van der Waals surface area contributed by atoms with E-state index in [4.69, 9.17) is 61.9 Å². The van der Waals surface area contributed by atoms with Gasteiger partial charge in [-0.25, -0.2) is 24.3 Å². The maximum atomic E-state index is 11.9. The number of nitrogens with zero attached hydrogens (tertiary/aromatic N) is 13. The number of aromatic amines is 4. The molecule has 1 aliphatic heterocycles. The Morgan fingerprint density at radius 3 is 1.15 bits per heavy atom. The van der Waals surface area contributed by atoms with Crippen molar-refractivity contribution in [1.29, 1.82) is 0 Å². The number of hydrogen-bond acceptors (Lipinski definition) is 19. The predicted octanol–water partition coefficient (Wildman–Crippen LogP) is 19.5. The van der Waals surface area contributed by atoms with Crippen LogP contribution in [0.15, 0.2) is 207 Å². The Bertz CT molecular complexity index is 6880. The number of benzene rings is 6. The van der Waals surface area contributed by atoms with Crippen molar-refractivity contribution in [2.75, 3.05) is 13.2 Å². The Hall–Kier alpha value is -12.0. The van der Waals surface area contributed by atoms with Crippen LogP contribution in [-0.4, -0.2) is 156 Å². The van der Waals surface area contributed by atoms with Gasteiger partial charge < -0.3 is 56.7 Å². The van der Waals surface area contributed by atoms with Crippen LogP contribution in [-0.2, 0) is 32.2 Å². The average molecular weight is 2040 g/mol. The van der Waals surface area contributed by atoms with Crippen LogP contribution in [0.4, 0.5) is 0 Å². The zero-order valence-electron chi connectivity index (χ0n) is 74.6. The molecule has 1 saturated heterocycles. The van der Waals surface area contributed by atoms with Gasteiger partial charge in [0.25, 0.3) is 23.6 Å². The van der Waals surface area contributed by atoms with Gasteiger partial charge in [-0.15, -0.1) is 0 Å². The number of ether oxygens (including phenoxy) is 2. The first-order chi connectivity index (χ1) is 61.7. The molecule has 1 aliphatic rings. The lowest BCUT2D eigenvalue weighted by atomic mass is 9.78. The molecule has 0 spiro atoms. The Morgan fingerprint density at radius 1 is 0.415 bits per heavy atom. The van der Waals surface area contributed by atoms with Gasteiger partial charge >= 0.3 is 7.12 Å². The topological polar surface area (TPSA) is 424 Å². The van der Waals surface area contributed by atoms with E-state index >= 15 is 0 Å². The van der Waals surface area contributed by atoms with Gasteiger partial charge in [-0.2, -0.15) is 15.3 Å². The highest BCUT2D eigenvalue weighted by molar-refractivity contribution is 9.11. The number of para-hydroxylation sites is 6. The van der Waals surface area contributed by atoms with Crippen molar-refractivity contribution in [1.82, 2.24) is 84.6 Å². The molecule has 11 aromatic heterocycles. The van der Waals surface area contributed by atoms with Crippen molar-refractivity contribution in [3.8, 4) is 56.8 Å². The fourth-order valence-electron chi connectivity index (χ4n) is 13.9. The second-order valence-electron chi connectivity index (χ2n) is 34.6. The molecule has 130 heavy (non-hydrogen) atoms. The zero-order chi connectivity index (χ0) is 93.4. The summed E-state index contributed by atoms with van der Waals surface area (Å²) >= 11 is 13.2. The summed E-state index contributed by atoms with van der Waals surface area (Å²) < 4.78 is 32.2. The smallest absolute Gasteiger partial charge is 0.399 e. The lowest BCUT2D eigenvalue weighted by Gasteiger charge is -2.32. The SMILES string of the molecule is CC1(C)OB(c2ccc3c(c2)c(-c2nc4ccccc4[nH]2)nn3COCC[Si](C)(C)C)OC1(C)C.Cc1c(Br)cncc1Br.Cc1c(Br)cncc1C(N)=O.Cc1c(Br)cncc1C(N)=O.Cc1c(C(N)=O)cncc1-c1ccc2[nH]nc(-c3nc4ccccc4[nH]3)c2c1.Cc1c(C(N)=O)cncc1-c1ccc2c(c1)c(-c1nc3ccccc3[nH]1)nn2COCC[Si](C)(C)C. The number of rotatable bonds is 20. The molecule has 4 amide bonds. The number of carbonyl (C=O) groups excluding carboxylic acids is 4. The number of carbonyl (C=O) groups is 4. The number of imidazole rings is 3. The van der Waals surface area contributed by atoms with E-state index in [-0.39, 0.29) is 0 Å². The second kappa shape index (κ2) is 40.6. The molecule has 17 aromatic rings. The maximum absolute atomic E-state index is 11.9. The number of amides is 4. The number of pyridine rings is 5. The molecule has 0 aliphatic carbocycles. The van der Waals surface area contributed by atoms with Crippen LogP contribution in [0.1, 0.15) is 96.9 Å². The normalized spacial score (nSPS) is 12.8. The highest BCUT2D eigenvalue weighted by atomic mass is 79.9. The van der Waals surface area contributed by atoms with E-state index in [9.17, 15) is 19.2 Å². The van der Waals surface area contributed by atoms with Crippen LogP contribution in [0, 0.1) is 34.6 Å². The van der Waals surface area contributed by atoms with Gasteiger partial charge in [-0.05, 0) is 249 Å². The molecule has 12 N–H and O–H groups in total. The number of fused-ring (bicyclic) bond motifs is 6. The molecule has 18 rings (SSSR count). The number of halogens is 4. The maximum Gasteiger partial charge on any atom is 0.494 e. The van der Waals surface area contributed by atoms with Gasteiger partial charge in [0.05, 0.1) is 83.1 Å². The number of hydrogen-bond donors (Lipinski definition) is 8. The fourth-order valence-corrected chi connectivity index (χ4v) is 17.0. The van der Waals surface area contributed by atoms with Gasteiger partial charge in [0.2, 0.25) is 0 Å². The Balaban J connectivity index is 0.000000143. The minimum absolute atomic E-state index is 0.359. The number of nitrogens with one attached hydrogen (secondary N) is 4. The third kappa shape index (κ3) is 22.4. The largest absolute Gasteiger partial charge is 0.494 e. The summed E-state index contributed by atoms with van der Waals surface area (Å²) in [5.74, 6) is 0.259. The molecule has 668 valence electrons. The molecule has 0 bridgehead atoms. The van der Waals surface area contributed by atoms with Crippen molar-refractivity contribution >= 4 is 182 Å². The third-order valence-corrected chi connectivity index (χ3v) is 29.0. The number of aromatic nitrogens is 17. The van der Waals surface area contributed by atoms with Gasteiger partial charge in [0.1, 0.15) is 30.5 Å². The zero-order valence-corrected chi connectivity index (χ0v) is 83.0. The Labute approximate surface area is 787 Å². The van der Waals surface area contributed by atoms with Crippen LogP contribution in [0.5, 0.6) is 0 Å². The third-order valence-electron chi connectivity index (χ3n) is 22.4. The molecule has 12 heterocycles. The average Bonchev–Trinajstić information content (AvgIpc) is 1.60. The molecule has 1 fully saturated rings. The first kappa shape index (κ1) is 95.6. The van der Waals surface area contributed by atoms with Gasteiger partial charge in [-0.3, -0.25) is 49.2 Å². The molecule has 6 aromatic carbocycles. The van der Waals surface area contributed by atoms with Crippen LogP contribution in [0.25, 0.3) is 123 Å². The first-order valence-electron chi connectivity index (χ1n) is 41.6. The summed E-state index contributed by atoms with van der Waals surface area (Å²) in [7, 11) is -2.79. The van der Waals surface area contributed by atoms with E-state index in [0.717, 1.165) is 175 Å². The van der Waals surface area contributed by atoms with Crippen molar-refractivity contribution in [2.45, 2.75) is 138 Å². The van der Waals surface area contributed by atoms with Crippen LogP contribution < -0.4 is 28.4 Å². The molecule has 36 heteroatoms. The number of nitrogens with two attached hydrogens (primary N) is 4. The second-order valence-corrected chi connectivity index (χ2v) is 49.3. The van der Waals surface area contributed by atoms with Crippen molar-refractivity contribution in [2.24, 2.45) is 22.9 Å². The van der Waals surface area contributed by atoms with Crippen LogP contribution in [0.3, 0.4) is 0 Å². The van der Waals surface area contributed by atoms with Crippen molar-refractivity contribution in [3.63, 3.8) is 0 Å². The summed E-state index contributed by atoms with van der Waals surface area (Å²) in [6.07, 6.45) is 16.2. The monoisotopic (exact) mass is 2030 g/mol. The molecular formula is C94H100BBr4N21O8Si2. The molecule has 0 atom stereocenters. The van der Waals surface area contributed by atoms with Crippen molar-refractivity contribution < 1.29 is 38.0 Å². The lowest BCUT2D eigenvalue weighted by molar-refractivity contribution is 0.00578. The lowest BCUT2D eigenvalue weighted by Crippen LogP contribution is -2.41. The van der Waals surface area contributed by atoms with Crippen LogP contribution >= 0.6 is 63.7 Å². The highest BCUT2D eigenvalue weighted by Gasteiger charge is 2.52. The van der Waals surface area contributed by atoms with Gasteiger partial charge in [-0.1, -0.05) is 99.9 Å². The van der Waals surface area contributed by atoms with E-state index in [1.54, 1.807) is 37.2 Å². The van der Waals surface area contributed by atoms with E-state index in [1.807, 2.05) is 147 Å². The van der Waals surface area contributed by atoms with E-state index in [0.29, 0.717) is 54.0 Å². The molecule has 0 saturated carbocycles. The Kier molecular flexibility index (Phi) is 29.8. The molecule has 29 nitrogen and oxygen atoms in total. The summed E-state index contributed by atoms with van der Waals surface area (Å²) in [5.41, 5.74) is 41.8. The molecular weight excluding hydrogens is 1940 g/mol. The summed E-state index contributed by atoms with van der Waals surface area (Å²) in [5, 5.41) is 20.2.